The van der Waals surface area contributed by atoms with E-state index in [9.17, 15) is 4.79 Å². The number of aromatic nitrogens is 1. The quantitative estimate of drug-likeness (QED) is 0.660. The van der Waals surface area contributed by atoms with Gasteiger partial charge in [0, 0.05) is 0 Å². The molecule has 0 N–H and O–H groups in total. The smallest absolute Gasteiger partial charge is 0.289 e. The molecule has 0 spiro atoms. The third-order valence-corrected chi connectivity index (χ3v) is 5.38. The lowest BCUT2D eigenvalue weighted by atomic mass is 10.1. The van der Waals surface area contributed by atoms with E-state index in [2.05, 4.69) is 36.9 Å². The molecule has 0 unspecified atom stereocenters. The second-order valence-electron chi connectivity index (χ2n) is 4.97. The van der Waals surface area contributed by atoms with E-state index in [4.69, 9.17) is 6.42 Å². The summed E-state index contributed by atoms with van der Waals surface area (Å²) in [5.41, 5.74) is 3.45. The molecule has 5 heteroatoms. The van der Waals surface area contributed by atoms with Crippen LogP contribution in [0.2, 0.25) is 0 Å². The molecule has 0 aliphatic heterocycles. The number of amides is 1. The average Bonchev–Trinajstić information content (AvgIpc) is 3.11. The number of aryl methyl sites for hydroxylation is 2. The molecule has 0 aliphatic carbocycles. The number of nitrogens with zero attached hydrogens (tertiary/aromatic N) is 2. The van der Waals surface area contributed by atoms with Crippen molar-refractivity contribution in [3.05, 3.63) is 50.5 Å². The van der Waals surface area contributed by atoms with Crippen molar-refractivity contribution in [1.29, 1.82) is 0 Å². The second kappa shape index (κ2) is 5.91. The fourth-order valence-electron chi connectivity index (χ4n) is 2.19. The summed E-state index contributed by atoms with van der Waals surface area (Å²) >= 11 is 2.89. The first-order chi connectivity index (χ1) is 10.6. The van der Waals surface area contributed by atoms with Crippen molar-refractivity contribution in [2.75, 3.05) is 0 Å². The Bertz CT molecular complexity index is 953. The molecular weight excluding hydrogens is 312 g/mol. The van der Waals surface area contributed by atoms with Gasteiger partial charge in [0.1, 0.15) is 0 Å². The van der Waals surface area contributed by atoms with Crippen molar-refractivity contribution in [2.45, 2.75) is 20.4 Å². The number of carbonyl (C=O) groups excluding carboxylic acids is 1. The third kappa shape index (κ3) is 2.63. The van der Waals surface area contributed by atoms with Crippen molar-refractivity contribution in [2.24, 2.45) is 4.99 Å². The molecule has 1 aromatic carbocycles. The van der Waals surface area contributed by atoms with Crippen LogP contribution >= 0.6 is 22.7 Å². The van der Waals surface area contributed by atoms with Gasteiger partial charge in [-0.15, -0.1) is 17.8 Å². The molecule has 0 fully saturated rings. The summed E-state index contributed by atoms with van der Waals surface area (Å²) in [6.45, 7) is 4.55. The van der Waals surface area contributed by atoms with Gasteiger partial charge in [-0.2, -0.15) is 4.99 Å². The van der Waals surface area contributed by atoms with Gasteiger partial charge in [-0.1, -0.05) is 23.3 Å². The van der Waals surface area contributed by atoms with Gasteiger partial charge >= 0.3 is 0 Å². The van der Waals surface area contributed by atoms with Crippen LogP contribution in [-0.4, -0.2) is 10.5 Å². The first kappa shape index (κ1) is 14.8. The number of hydrogen-bond acceptors (Lipinski definition) is 3. The second-order valence-corrected chi connectivity index (χ2v) is 6.93. The molecule has 0 saturated carbocycles. The minimum atomic E-state index is -0.222. The van der Waals surface area contributed by atoms with Crippen LogP contribution in [0.3, 0.4) is 0 Å². The van der Waals surface area contributed by atoms with Gasteiger partial charge in [-0.05, 0) is 48.6 Å². The maximum absolute atomic E-state index is 12.2. The highest BCUT2D eigenvalue weighted by Crippen LogP contribution is 2.22. The molecule has 3 nitrogen and oxygen atoms in total. The topological polar surface area (TPSA) is 34.4 Å². The summed E-state index contributed by atoms with van der Waals surface area (Å²) in [5, 5.41) is 1.87. The lowest BCUT2D eigenvalue weighted by molar-refractivity contribution is 0.100. The van der Waals surface area contributed by atoms with Crippen LogP contribution in [0.5, 0.6) is 0 Å². The lowest BCUT2D eigenvalue weighted by Gasteiger charge is -2.03. The van der Waals surface area contributed by atoms with E-state index in [0.717, 1.165) is 10.2 Å². The zero-order chi connectivity index (χ0) is 15.7. The van der Waals surface area contributed by atoms with Crippen LogP contribution in [0.1, 0.15) is 20.8 Å². The van der Waals surface area contributed by atoms with Gasteiger partial charge in [0.2, 0.25) is 0 Å². The molecular formula is C17H14N2OS2. The zero-order valence-electron chi connectivity index (χ0n) is 12.3. The molecule has 2 aromatic heterocycles. The molecule has 0 aliphatic rings. The van der Waals surface area contributed by atoms with Crippen molar-refractivity contribution < 1.29 is 4.79 Å². The number of benzene rings is 1. The van der Waals surface area contributed by atoms with Crippen LogP contribution in [0.15, 0.2) is 34.6 Å². The third-order valence-electron chi connectivity index (χ3n) is 3.48. The highest BCUT2D eigenvalue weighted by molar-refractivity contribution is 7.16. The summed E-state index contributed by atoms with van der Waals surface area (Å²) in [5.74, 6) is 2.42. The molecule has 3 aromatic rings. The standard InChI is InChI=1S/C17H14N2OS2/c1-4-7-19-13-9-11(2)12(3)10-15(13)22-17(19)18-16(20)14-6-5-8-21-14/h1,5-6,8-10H,7H2,2-3H3. The van der Waals surface area contributed by atoms with Crippen LogP contribution in [0, 0.1) is 26.2 Å². The maximum atomic E-state index is 12.2. The highest BCUT2D eigenvalue weighted by atomic mass is 32.1. The Kier molecular flexibility index (Phi) is 3.97. The Morgan fingerprint density at radius 2 is 2.14 bits per heavy atom. The summed E-state index contributed by atoms with van der Waals surface area (Å²) in [6, 6.07) is 7.86. The predicted octanol–water partition coefficient (Wildman–Crippen LogP) is 3.76. The molecule has 0 radical (unpaired) electrons. The zero-order valence-corrected chi connectivity index (χ0v) is 13.9. The molecule has 22 heavy (non-hydrogen) atoms. The van der Waals surface area contributed by atoms with Crippen LogP contribution in [-0.2, 0) is 6.54 Å². The first-order valence-corrected chi connectivity index (χ1v) is 8.46. The van der Waals surface area contributed by atoms with Gasteiger partial charge in [-0.3, -0.25) is 4.79 Å². The number of hydrogen-bond donors (Lipinski definition) is 0. The monoisotopic (exact) mass is 326 g/mol. The van der Waals surface area contributed by atoms with Crippen LogP contribution in [0.4, 0.5) is 0 Å². The average molecular weight is 326 g/mol. The highest BCUT2D eigenvalue weighted by Gasteiger charge is 2.10. The molecule has 0 bridgehead atoms. The maximum Gasteiger partial charge on any atom is 0.289 e. The normalized spacial score (nSPS) is 11.8. The van der Waals surface area contributed by atoms with E-state index >= 15 is 0 Å². The van der Waals surface area contributed by atoms with Gasteiger partial charge in [0.05, 0.1) is 21.6 Å². The van der Waals surface area contributed by atoms with E-state index in [0.29, 0.717) is 16.2 Å². The Morgan fingerprint density at radius 1 is 1.36 bits per heavy atom. The first-order valence-electron chi connectivity index (χ1n) is 6.77. The van der Waals surface area contributed by atoms with Crippen molar-refractivity contribution in [1.82, 2.24) is 4.57 Å². The number of fused-ring (bicyclic) bond motifs is 1. The van der Waals surface area contributed by atoms with Gasteiger partial charge < -0.3 is 4.57 Å². The lowest BCUT2D eigenvalue weighted by Crippen LogP contribution is -2.16. The predicted molar refractivity (Wildman–Crippen MR) is 92.3 cm³/mol. The summed E-state index contributed by atoms with van der Waals surface area (Å²) < 4.78 is 3.02. The number of thiazole rings is 1. The SMILES string of the molecule is C#CCn1c(=NC(=O)c2cccs2)sc2cc(C)c(C)cc21. The van der Waals surface area contributed by atoms with Gasteiger partial charge in [0.25, 0.3) is 5.91 Å². The number of carbonyl (C=O) groups is 1. The summed E-state index contributed by atoms with van der Waals surface area (Å²) in [7, 11) is 0. The molecule has 1 amide bonds. The Hall–Kier alpha value is -2.16. The molecule has 3 rings (SSSR count). The van der Waals surface area contributed by atoms with E-state index < -0.39 is 0 Å². The van der Waals surface area contributed by atoms with Crippen molar-refractivity contribution >= 4 is 38.8 Å². The van der Waals surface area contributed by atoms with Crippen LogP contribution < -0.4 is 4.80 Å². The minimum Gasteiger partial charge on any atom is -0.305 e. The summed E-state index contributed by atoms with van der Waals surface area (Å²) in [4.78, 5) is 17.8. The largest absolute Gasteiger partial charge is 0.305 e. The van der Waals surface area contributed by atoms with Crippen molar-refractivity contribution in [3.63, 3.8) is 0 Å². The number of rotatable bonds is 2. The van der Waals surface area contributed by atoms with E-state index in [-0.39, 0.29) is 5.91 Å². The molecule has 110 valence electrons. The van der Waals surface area contributed by atoms with Crippen LogP contribution in [0.25, 0.3) is 10.2 Å². The fraction of sp³-hybridized carbons (Fsp3) is 0.176. The molecule has 2 heterocycles. The van der Waals surface area contributed by atoms with E-state index in [1.165, 1.54) is 33.8 Å². The number of thiophene rings is 1. The van der Waals surface area contributed by atoms with E-state index in [1.807, 2.05) is 16.0 Å². The van der Waals surface area contributed by atoms with Gasteiger partial charge in [-0.25, -0.2) is 0 Å². The molecule has 0 saturated heterocycles. The Morgan fingerprint density at radius 3 is 2.82 bits per heavy atom. The molecule has 0 atom stereocenters. The van der Waals surface area contributed by atoms with E-state index in [1.54, 1.807) is 6.07 Å². The Labute approximate surface area is 136 Å². The van der Waals surface area contributed by atoms with Gasteiger partial charge in [0.15, 0.2) is 4.80 Å². The minimum absolute atomic E-state index is 0.222. The fourth-order valence-corrected chi connectivity index (χ4v) is 3.91. The Balaban J connectivity index is 2.23. The summed E-state index contributed by atoms with van der Waals surface area (Å²) in [6.07, 6.45) is 5.48. The number of terminal acetylenes is 1. The van der Waals surface area contributed by atoms with Crippen molar-refractivity contribution in [3.8, 4) is 12.3 Å².